The number of carbonyl (C=O) groups is 2. The molecule has 2 aliphatic rings. The van der Waals surface area contributed by atoms with Crippen molar-refractivity contribution < 1.29 is 36.6 Å². The van der Waals surface area contributed by atoms with Gasteiger partial charge in [0, 0.05) is 57.1 Å². The topological polar surface area (TPSA) is 109 Å². The van der Waals surface area contributed by atoms with Crippen molar-refractivity contribution in [2.45, 2.75) is 25.6 Å². The Bertz CT molecular complexity index is 1390. The third-order valence-corrected chi connectivity index (χ3v) is 6.95. The zero-order valence-corrected chi connectivity index (χ0v) is 21.0. The Balaban J connectivity index is 1.83. The van der Waals surface area contributed by atoms with E-state index in [0.29, 0.717) is 25.8 Å². The van der Waals surface area contributed by atoms with E-state index in [1.807, 2.05) is 23.9 Å². The van der Waals surface area contributed by atoms with Gasteiger partial charge < -0.3 is 30.1 Å². The third-order valence-electron chi connectivity index (χ3n) is 6.95. The lowest BCUT2D eigenvalue weighted by atomic mass is 9.97. The standard InChI is InChI=1S/C25H26F5N5O4/c1-13-11-34(7-6-33(13)2)18-9-17(26)20(14-4-3-5-35(12-14)24(38)39)21(27)22(18)32-23(37)15-10-31-19(36)8-16(15)25(28,29)30/h4,8-10,13H,3,5-7,11-12H2,1-2H3,(H,31,36)(H,32,37)(H,38,39). The van der Waals surface area contributed by atoms with Gasteiger partial charge in [0.15, 0.2) is 5.82 Å². The summed E-state index contributed by atoms with van der Waals surface area (Å²) in [6.07, 6.45) is -4.10. The minimum atomic E-state index is -5.06. The van der Waals surface area contributed by atoms with Crippen LogP contribution in [0.1, 0.15) is 34.8 Å². The minimum absolute atomic E-state index is 0.0208. The number of anilines is 2. The summed E-state index contributed by atoms with van der Waals surface area (Å²) in [5, 5.41) is 11.5. The third kappa shape index (κ3) is 5.75. The molecule has 4 rings (SSSR count). The van der Waals surface area contributed by atoms with Crippen LogP contribution in [0.2, 0.25) is 0 Å². The first-order valence-electron chi connectivity index (χ1n) is 12.0. The highest BCUT2D eigenvalue weighted by Gasteiger charge is 2.37. The first kappa shape index (κ1) is 28.1. The number of alkyl halides is 3. The van der Waals surface area contributed by atoms with Gasteiger partial charge in [-0.05, 0) is 26.0 Å². The molecule has 1 unspecified atom stereocenters. The second-order valence-corrected chi connectivity index (χ2v) is 9.52. The lowest BCUT2D eigenvalue weighted by Crippen LogP contribution is -2.50. The van der Waals surface area contributed by atoms with Crippen molar-refractivity contribution in [1.29, 1.82) is 0 Å². The van der Waals surface area contributed by atoms with E-state index < -0.39 is 57.7 Å². The van der Waals surface area contributed by atoms with Gasteiger partial charge in [0.25, 0.3) is 5.91 Å². The highest BCUT2D eigenvalue weighted by molar-refractivity contribution is 6.07. The zero-order valence-electron chi connectivity index (χ0n) is 21.0. The molecule has 1 saturated heterocycles. The number of amides is 2. The van der Waals surface area contributed by atoms with Gasteiger partial charge in [0.1, 0.15) is 11.5 Å². The molecule has 1 aromatic heterocycles. The summed E-state index contributed by atoms with van der Waals surface area (Å²) in [6, 6.07) is 1.16. The molecule has 3 heterocycles. The molecule has 210 valence electrons. The largest absolute Gasteiger partial charge is 0.465 e. The normalized spacial score (nSPS) is 18.6. The molecule has 0 bridgehead atoms. The second-order valence-electron chi connectivity index (χ2n) is 9.52. The van der Waals surface area contributed by atoms with Crippen molar-refractivity contribution >= 4 is 28.9 Å². The van der Waals surface area contributed by atoms with Crippen LogP contribution >= 0.6 is 0 Å². The van der Waals surface area contributed by atoms with Crippen molar-refractivity contribution in [1.82, 2.24) is 14.8 Å². The van der Waals surface area contributed by atoms with E-state index in [9.17, 15) is 32.7 Å². The van der Waals surface area contributed by atoms with Crippen LogP contribution in [0.25, 0.3) is 5.57 Å². The number of pyridine rings is 1. The summed E-state index contributed by atoms with van der Waals surface area (Å²) >= 11 is 0. The van der Waals surface area contributed by atoms with Gasteiger partial charge in [-0.3, -0.25) is 9.59 Å². The predicted octanol–water partition coefficient (Wildman–Crippen LogP) is 3.83. The number of hydrogen-bond donors (Lipinski definition) is 3. The van der Waals surface area contributed by atoms with Crippen LogP contribution in [0.4, 0.5) is 38.1 Å². The molecule has 0 spiro atoms. The monoisotopic (exact) mass is 555 g/mol. The fraction of sp³-hybridized carbons (Fsp3) is 0.400. The quantitative estimate of drug-likeness (QED) is 0.495. The van der Waals surface area contributed by atoms with Crippen LogP contribution in [-0.4, -0.2) is 77.7 Å². The van der Waals surface area contributed by atoms with E-state index in [-0.39, 0.29) is 42.9 Å². The molecule has 1 atom stereocenters. The summed E-state index contributed by atoms with van der Waals surface area (Å²) in [5.41, 5.74) is -4.76. The highest BCUT2D eigenvalue weighted by atomic mass is 19.4. The van der Waals surface area contributed by atoms with E-state index in [1.165, 1.54) is 6.08 Å². The number of hydrogen-bond acceptors (Lipinski definition) is 5. The Labute approximate surface area is 219 Å². The highest BCUT2D eigenvalue weighted by Crippen LogP contribution is 2.39. The Hall–Kier alpha value is -3.94. The molecule has 0 saturated carbocycles. The summed E-state index contributed by atoms with van der Waals surface area (Å²) in [4.78, 5) is 42.7. The maximum Gasteiger partial charge on any atom is 0.417 e. The van der Waals surface area contributed by atoms with Gasteiger partial charge in [-0.1, -0.05) is 6.08 Å². The Kier molecular flexibility index (Phi) is 7.68. The minimum Gasteiger partial charge on any atom is -0.465 e. The van der Waals surface area contributed by atoms with Crippen LogP contribution in [0, 0.1) is 11.6 Å². The van der Waals surface area contributed by atoms with E-state index in [0.717, 1.165) is 11.0 Å². The molecule has 14 heteroatoms. The van der Waals surface area contributed by atoms with Crippen LogP contribution in [-0.2, 0) is 6.18 Å². The number of halogens is 5. The number of nitrogens with zero attached hydrogens (tertiary/aromatic N) is 3. The summed E-state index contributed by atoms with van der Waals surface area (Å²) in [7, 11) is 1.87. The summed E-state index contributed by atoms with van der Waals surface area (Å²) < 4.78 is 72.4. The van der Waals surface area contributed by atoms with E-state index in [2.05, 4.69) is 5.32 Å². The SMILES string of the molecule is CC1CN(c2cc(F)c(C3=CCCN(C(=O)O)C3)c(F)c2NC(=O)c2c[nH]c(=O)cc2C(F)(F)F)CCN1C. The van der Waals surface area contributed by atoms with Crippen molar-refractivity contribution in [2.24, 2.45) is 0 Å². The average molecular weight is 556 g/mol. The van der Waals surface area contributed by atoms with E-state index >= 15 is 8.78 Å². The van der Waals surface area contributed by atoms with Gasteiger partial charge in [0.2, 0.25) is 5.56 Å². The van der Waals surface area contributed by atoms with E-state index in [1.54, 1.807) is 4.90 Å². The number of rotatable bonds is 4. The maximum atomic E-state index is 16.1. The summed E-state index contributed by atoms with van der Waals surface area (Å²) in [5.74, 6) is -3.63. The van der Waals surface area contributed by atoms with Gasteiger partial charge in [-0.2, -0.15) is 13.2 Å². The van der Waals surface area contributed by atoms with Gasteiger partial charge in [-0.15, -0.1) is 0 Å². The molecule has 0 radical (unpaired) electrons. The first-order chi connectivity index (χ1) is 18.3. The number of likely N-dealkylation sites (N-methyl/N-ethyl adjacent to an activating group) is 1. The number of piperazine rings is 1. The van der Waals surface area contributed by atoms with Crippen molar-refractivity contribution in [2.75, 3.05) is 50.0 Å². The Morgan fingerprint density at radius 3 is 2.51 bits per heavy atom. The fourth-order valence-corrected chi connectivity index (χ4v) is 4.70. The number of H-pyrrole nitrogens is 1. The fourth-order valence-electron chi connectivity index (χ4n) is 4.70. The molecular formula is C25H26F5N5O4. The summed E-state index contributed by atoms with van der Waals surface area (Å²) in [6.45, 7) is 2.81. The number of carboxylic acid groups (broad SMARTS) is 1. The van der Waals surface area contributed by atoms with Crippen LogP contribution in [0.5, 0.6) is 0 Å². The molecule has 1 fully saturated rings. The van der Waals surface area contributed by atoms with Gasteiger partial charge >= 0.3 is 12.3 Å². The lowest BCUT2D eigenvalue weighted by molar-refractivity contribution is -0.138. The molecule has 2 aliphatic heterocycles. The van der Waals surface area contributed by atoms with Crippen molar-refractivity contribution in [3.8, 4) is 0 Å². The zero-order chi connectivity index (χ0) is 28.6. The Morgan fingerprint density at radius 1 is 1.15 bits per heavy atom. The molecule has 0 aliphatic carbocycles. The molecule has 1 aromatic carbocycles. The van der Waals surface area contributed by atoms with Crippen LogP contribution in [0.15, 0.2) is 29.2 Å². The van der Waals surface area contributed by atoms with Gasteiger partial charge in [-0.25, -0.2) is 13.6 Å². The molecule has 2 aromatic rings. The molecule has 9 nitrogen and oxygen atoms in total. The molecule has 3 N–H and O–H groups in total. The van der Waals surface area contributed by atoms with Crippen molar-refractivity contribution in [3.63, 3.8) is 0 Å². The number of nitrogens with one attached hydrogen (secondary N) is 2. The number of aromatic nitrogens is 1. The molecule has 39 heavy (non-hydrogen) atoms. The van der Waals surface area contributed by atoms with Gasteiger partial charge in [0.05, 0.1) is 22.4 Å². The second kappa shape index (κ2) is 10.7. The first-order valence-corrected chi connectivity index (χ1v) is 12.0. The van der Waals surface area contributed by atoms with Crippen LogP contribution < -0.4 is 15.8 Å². The smallest absolute Gasteiger partial charge is 0.417 e. The molecule has 2 amide bonds. The number of carbonyl (C=O) groups excluding carboxylic acids is 1. The maximum absolute atomic E-state index is 16.1. The van der Waals surface area contributed by atoms with E-state index in [4.69, 9.17) is 0 Å². The number of benzene rings is 1. The van der Waals surface area contributed by atoms with Crippen LogP contribution in [0.3, 0.4) is 0 Å². The predicted molar refractivity (Wildman–Crippen MR) is 133 cm³/mol. The van der Waals surface area contributed by atoms with Crippen molar-refractivity contribution in [3.05, 3.63) is 63.1 Å². The molecular weight excluding hydrogens is 529 g/mol. The number of aromatic amines is 1. The Morgan fingerprint density at radius 2 is 1.87 bits per heavy atom. The lowest BCUT2D eigenvalue weighted by Gasteiger charge is -2.40. The average Bonchev–Trinajstić information content (AvgIpc) is 2.86.